The van der Waals surface area contributed by atoms with Gasteiger partial charge in [-0.25, -0.2) is 0 Å². The first-order valence-corrected chi connectivity index (χ1v) is 6.21. The van der Waals surface area contributed by atoms with E-state index in [-0.39, 0.29) is 0 Å². The van der Waals surface area contributed by atoms with E-state index in [0.717, 1.165) is 6.54 Å². The van der Waals surface area contributed by atoms with Crippen molar-refractivity contribution in [3.05, 3.63) is 0 Å². The van der Waals surface area contributed by atoms with Gasteiger partial charge >= 0.3 is 0 Å². The zero-order valence-electron chi connectivity index (χ0n) is 10.0. The number of hydrogen-bond donors (Lipinski definition) is 2. The molecule has 0 saturated heterocycles. The molecule has 2 heteroatoms. The molecular weight excluding hydrogens is 172 g/mol. The smallest absolute Gasteiger partial charge is 0.00103 e. The number of nitrogens with one attached hydrogen (secondary N) is 1. The highest BCUT2D eigenvalue weighted by atomic mass is 14.9. The van der Waals surface area contributed by atoms with Crippen LogP contribution in [0.5, 0.6) is 0 Å². The molecule has 0 amide bonds. The maximum absolute atomic E-state index is 5.43. The van der Waals surface area contributed by atoms with Crippen molar-refractivity contribution in [3.8, 4) is 0 Å². The lowest BCUT2D eigenvalue weighted by molar-refractivity contribution is 0.530. The molecule has 14 heavy (non-hydrogen) atoms. The second-order valence-corrected chi connectivity index (χ2v) is 4.37. The van der Waals surface area contributed by atoms with Crippen molar-refractivity contribution in [2.24, 2.45) is 5.73 Å². The molecule has 0 aliphatic heterocycles. The van der Waals surface area contributed by atoms with Crippen molar-refractivity contribution in [1.82, 2.24) is 5.32 Å². The molecule has 0 aromatic heterocycles. The third-order valence-electron chi connectivity index (χ3n) is 2.43. The van der Waals surface area contributed by atoms with Crippen molar-refractivity contribution in [2.45, 2.75) is 64.8 Å². The molecule has 0 bridgehead atoms. The van der Waals surface area contributed by atoms with Gasteiger partial charge in [-0.3, -0.25) is 0 Å². The van der Waals surface area contributed by atoms with Gasteiger partial charge in [0.25, 0.3) is 0 Å². The monoisotopic (exact) mass is 200 g/mol. The molecule has 0 spiro atoms. The lowest BCUT2D eigenvalue weighted by Gasteiger charge is -2.07. The maximum Gasteiger partial charge on any atom is 0.00103 e. The first-order valence-electron chi connectivity index (χ1n) is 6.21. The van der Waals surface area contributed by atoms with Gasteiger partial charge in [0.05, 0.1) is 0 Å². The van der Waals surface area contributed by atoms with E-state index in [1.807, 2.05) is 0 Å². The van der Waals surface area contributed by atoms with Gasteiger partial charge in [-0.05, 0) is 25.9 Å². The molecule has 0 radical (unpaired) electrons. The maximum atomic E-state index is 5.43. The molecule has 0 unspecified atom stereocenters. The largest absolute Gasteiger partial charge is 0.330 e. The van der Waals surface area contributed by atoms with Crippen molar-refractivity contribution in [1.29, 1.82) is 0 Å². The van der Waals surface area contributed by atoms with Gasteiger partial charge in [0.1, 0.15) is 0 Å². The van der Waals surface area contributed by atoms with E-state index in [1.54, 1.807) is 0 Å². The van der Waals surface area contributed by atoms with Crippen LogP contribution in [-0.2, 0) is 0 Å². The Morgan fingerprint density at radius 2 is 1.36 bits per heavy atom. The summed E-state index contributed by atoms with van der Waals surface area (Å²) in [5, 5.41) is 3.44. The third-order valence-corrected chi connectivity index (χ3v) is 2.43. The summed E-state index contributed by atoms with van der Waals surface area (Å²) in [4.78, 5) is 0. The summed E-state index contributed by atoms with van der Waals surface area (Å²) in [5.74, 6) is 0. The summed E-state index contributed by atoms with van der Waals surface area (Å²) in [6, 6.07) is 0.638. The molecule has 0 heterocycles. The number of rotatable bonds is 10. The molecule has 2 nitrogen and oxygen atoms in total. The van der Waals surface area contributed by atoms with E-state index in [1.165, 1.54) is 51.5 Å². The molecule has 0 saturated carbocycles. The van der Waals surface area contributed by atoms with Gasteiger partial charge < -0.3 is 11.1 Å². The molecule has 0 rings (SSSR count). The second kappa shape index (κ2) is 11.0. The summed E-state index contributed by atoms with van der Waals surface area (Å²) in [5.41, 5.74) is 5.43. The van der Waals surface area contributed by atoms with Crippen LogP contribution in [0.2, 0.25) is 0 Å². The Hall–Kier alpha value is -0.0800. The predicted molar refractivity (Wildman–Crippen MR) is 64.5 cm³/mol. The molecule has 0 fully saturated rings. The van der Waals surface area contributed by atoms with Crippen LogP contribution in [0, 0.1) is 0 Å². The minimum absolute atomic E-state index is 0.638. The summed E-state index contributed by atoms with van der Waals surface area (Å²) in [6.45, 7) is 6.44. The topological polar surface area (TPSA) is 38.0 Å². The van der Waals surface area contributed by atoms with Crippen LogP contribution in [0.1, 0.15) is 58.8 Å². The second-order valence-electron chi connectivity index (χ2n) is 4.37. The molecular formula is C12H28N2. The van der Waals surface area contributed by atoms with Crippen molar-refractivity contribution >= 4 is 0 Å². The van der Waals surface area contributed by atoms with Gasteiger partial charge in [-0.15, -0.1) is 0 Å². The molecule has 0 aliphatic carbocycles. The number of unbranched alkanes of at least 4 members (excludes halogenated alkanes) is 6. The highest BCUT2D eigenvalue weighted by Gasteiger charge is 1.93. The molecule has 86 valence electrons. The molecule has 0 aromatic carbocycles. The standard InChI is InChI=1S/C12H28N2/c1-12(2)14-11-9-7-5-3-4-6-8-10-13/h12,14H,3-11,13H2,1-2H3. The van der Waals surface area contributed by atoms with Crippen LogP contribution >= 0.6 is 0 Å². The zero-order chi connectivity index (χ0) is 10.6. The van der Waals surface area contributed by atoms with Crippen molar-refractivity contribution in [2.75, 3.05) is 13.1 Å². The number of hydrogen-bond acceptors (Lipinski definition) is 2. The SMILES string of the molecule is CC(C)NCCCCCCCCCN. The molecule has 3 N–H and O–H groups in total. The highest BCUT2D eigenvalue weighted by molar-refractivity contribution is 4.53. The Morgan fingerprint density at radius 1 is 0.857 bits per heavy atom. The normalized spacial score (nSPS) is 11.1. The first-order chi connectivity index (χ1) is 6.77. The van der Waals surface area contributed by atoms with Crippen LogP contribution in [0.25, 0.3) is 0 Å². The number of nitrogens with two attached hydrogens (primary N) is 1. The van der Waals surface area contributed by atoms with E-state index in [9.17, 15) is 0 Å². The van der Waals surface area contributed by atoms with Gasteiger partial charge in [-0.1, -0.05) is 46.0 Å². The first kappa shape index (κ1) is 13.9. The highest BCUT2D eigenvalue weighted by Crippen LogP contribution is 2.06. The van der Waals surface area contributed by atoms with Crippen molar-refractivity contribution < 1.29 is 0 Å². The fourth-order valence-electron chi connectivity index (χ4n) is 1.54. The molecule has 0 aliphatic rings. The lowest BCUT2D eigenvalue weighted by atomic mass is 10.1. The van der Waals surface area contributed by atoms with Crippen LogP contribution in [0.3, 0.4) is 0 Å². The van der Waals surface area contributed by atoms with Gasteiger partial charge in [0, 0.05) is 6.04 Å². The van der Waals surface area contributed by atoms with E-state index < -0.39 is 0 Å². The van der Waals surface area contributed by atoms with Gasteiger partial charge in [0.2, 0.25) is 0 Å². The van der Waals surface area contributed by atoms with Crippen LogP contribution in [0.4, 0.5) is 0 Å². The van der Waals surface area contributed by atoms with E-state index in [2.05, 4.69) is 19.2 Å². The van der Waals surface area contributed by atoms with Gasteiger partial charge in [-0.2, -0.15) is 0 Å². The Kier molecular flexibility index (Phi) is 10.9. The Balaban J connectivity index is 2.85. The molecule has 0 atom stereocenters. The Labute approximate surface area is 89.6 Å². The minimum atomic E-state index is 0.638. The Morgan fingerprint density at radius 3 is 1.86 bits per heavy atom. The van der Waals surface area contributed by atoms with E-state index >= 15 is 0 Å². The lowest BCUT2D eigenvalue weighted by Crippen LogP contribution is -2.23. The predicted octanol–water partition coefficient (Wildman–Crippen LogP) is 2.67. The summed E-state index contributed by atoms with van der Waals surface area (Å²) >= 11 is 0. The fraction of sp³-hybridized carbons (Fsp3) is 1.00. The quantitative estimate of drug-likeness (QED) is 0.532. The molecule has 0 aromatic rings. The summed E-state index contributed by atoms with van der Waals surface area (Å²) in [7, 11) is 0. The van der Waals surface area contributed by atoms with E-state index in [0.29, 0.717) is 6.04 Å². The van der Waals surface area contributed by atoms with Crippen LogP contribution in [-0.4, -0.2) is 19.1 Å². The summed E-state index contributed by atoms with van der Waals surface area (Å²) in [6.07, 6.45) is 9.38. The summed E-state index contributed by atoms with van der Waals surface area (Å²) < 4.78 is 0. The fourth-order valence-corrected chi connectivity index (χ4v) is 1.54. The van der Waals surface area contributed by atoms with E-state index in [4.69, 9.17) is 5.73 Å². The third kappa shape index (κ3) is 11.9. The minimum Gasteiger partial charge on any atom is -0.330 e. The average molecular weight is 200 g/mol. The average Bonchev–Trinajstić information content (AvgIpc) is 2.15. The van der Waals surface area contributed by atoms with Gasteiger partial charge in [0.15, 0.2) is 0 Å². The zero-order valence-corrected chi connectivity index (χ0v) is 10.0. The van der Waals surface area contributed by atoms with Crippen molar-refractivity contribution in [3.63, 3.8) is 0 Å². The van der Waals surface area contributed by atoms with Crippen LogP contribution in [0.15, 0.2) is 0 Å². The van der Waals surface area contributed by atoms with Crippen LogP contribution < -0.4 is 11.1 Å². The Bertz CT molecular complexity index is 102.